The van der Waals surface area contributed by atoms with Gasteiger partial charge in [-0.3, -0.25) is 4.79 Å². The first-order chi connectivity index (χ1) is 10.3. The van der Waals surface area contributed by atoms with E-state index in [1.54, 1.807) is 0 Å². The second-order valence-electron chi connectivity index (χ2n) is 5.02. The second kappa shape index (κ2) is 5.71. The molecule has 3 rings (SSSR count). The molecule has 0 spiro atoms. The molecule has 0 saturated heterocycles. The maximum atomic E-state index is 11.2. The van der Waals surface area contributed by atoms with Gasteiger partial charge in [0.25, 0.3) is 0 Å². The van der Waals surface area contributed by atoms with Crippen molar-refractivity contribution >= 4 is 6.29 Å². The van der Waals surface area contributed by atoms with Crippen LogP contribution in [0, 0.1) is 6.92 Å². The van der Waals surface area contributed by atoms with E-state index in [1.807, 2.05) is 42.5 Å². The van der Waals surface area contributed by atoms with E-state index in [0.717, 1.165) is 28.7 Å². The monoisotopic (exact) mass is 273 g/mol. The molecular weight excluding hydrogens is 258 g/mol. The lowest BCUT2D eigenvalue weighted by atomic mass is 10.0. The molecule has 2 heteroatoms. The molecule has 0 aliphatic rings. The first kappa shape index (κ1) is 13.3. The van der Waals surface area contributed by atoms with Crippen molar-refractivity contribution in [1.29, 1.82) is 0 Å². The molecule has 0 bridgehead atoms. The number of aromatic nitrogens is 1. The van der Waals surface area contributed by atoms with Crippen molar-refractivity contribution < 1.29 is 4.79 Å². The molecule has 102 valence electrons. The van der Waals surface area contributed by atoms with E-state index in [1.165, 1.54) is 5.56 Å². The predicted octanol–water partition coefficient (Wildman–Crippen LogP) is 4.54. The third kappa shape index (κ3) is 2.90. The Bertz CT molecular complexity index is 761. The zero-order valence-electron chi connectivity index (χ0n) is 11.8. The smallest absolute Gasteiger partial charge is 0.168 e. The quantitative estimate of drug-likeness (QED) is 0.656. The molecule has 3 aromatic rings. The fourth-order valence-corrected chi connectivity index (χ4v) is 2.28. The Morgan fingerprint density at radius 2 is 1.52 bits per heavy atom. The number of aldehydes is 1. The summed E-state index contributed by atoms with van der Waals surface area (Å²) in [6.07, 6.45) is 0.796. The molecule has 0 N–H and O–H groups in total. The van der Waals surface area contributed by atoms with Crippen LogP contribution in [0.4, 0.5) is 0 Å². The van der Waals surface area contributed by atoms with E-state index in [2.05, 4.69) is 36.2 Å². The molecule has 0 radical (unpaired) electrons. The maximum Gasteiger partial charge on any atom is 0.168 e. The summed E-state index contributed by atoms with van der Waals surface area (Å²) in [7, 11) is 0. The number of hydrogen-bond acceptors (Lipinski definition) is 2. The van der Waals surface area contributed by atoms with Gasteiger partial charge in [-0.1, -0.05) is 60.2 Å². The fourth-order valence-electron chi connectivity index (χ4n) is 2.28. The molecule has 0 unspecified atom stereocenters. The largest absolute Gasteiger partial charge is 0.296 e. The summed E-state index contributed by atoms with van der Waals surface area (Å²) >= 11 is 0. The number of aryl methyl sites for hydroxylation is 1. The Hall–Kier alpha value is -2.74. The Kier molecular flexibility index (Phi) is 3.61. The molecule has 0 amide bonds. The van der Waals surface area contributed by atoms with Crippen LogP contribution in [-0.4, -0.2) is 11.3 Å². The highest BCUT2D eigenvalue weighted by Gasteiger charge is 2.06. The van der Waals surface area contributed by atoms with Crippen molar-refractivity contribution in [3.05, 3.63) is 78.0 Å². The molecule has 21 heavy (non-hydrogen) atoms. The Balaban J connectivity index is 2.13. The standard InChI is InChI=1S/C19H15NO/c1-14-7-9-15(10-8-14)17-11-18(13-21)20-19(12-17)16-5-3-2-4-6-16/h2-13H,1H3. The summed E-state index contributed by atoms with van der Waals surface area (Å²) in [5.74, 6) is 0. The van der Waals surface area contributed by atoms with E-state index >= 15 is 0 Å². The van der Waals surface area contributed by atoms with Gasteiger partial charge in [0.1, 0.15) is 5.69 Å². The molecule has 1 heterocycles. The van der Waals surface area contributed by atoms with Crippen molar-refractivity contribution in [3.63, 3.8) is 0 Å². The summed E-state index contributed by atoms with van der Waals surface area (Å²) in [6, 6.07) is 22.0. The minimum atomic E-state index is 0.451. The van der Waals surface area contributed by atoms with Crippen LogP contribution in [0.15, 0.2) is 66.7 Å². The summed E-state index contributed by atoms with van der Waals surface area (Å²) < 4.78 is 0. The van der Waals surface area contributed by atoms with Crippen LogP contribution in [-0.2, 0) is 0 Å². The van der Waals surface area contributed by atoms with Gasteiger partial charge in [0.2, 0.25) is 0 Å². The van der Waals surface area contributed by atoms with Gasteiger partial charge >= 0.3 is 0 Å². The molecule has 0 fully saturated rings. The highest BCUT2D eigenvalue weighted by molar-refractivity contribution is 5.80. The van der Waals surface area contributed by atoms with Gasteiger partial charge in [-0.15, -0.1) is 0 Å². The van der Waals surface area contributed by atoms with E-state index < -0.39 is 0 Å². The van der Waals surface area contributed by atoms with E-state index in [-0.39, 0.29) is 0 Å². The lowest BCUT2D eigenvalue weighted by molar-refractivity contribution is 0.111. The lowest BCUT2D eigenvalue weighted by Gasteiger charge is -2.07. The fraction of sp³-hybridized carbons (Fsp3) is 0.0526. The molecule has 0 atom stereocenters. The topological polar surface area (TPSA) is 30.0 Å². The second-order valence-corrected chi connectivity index (χ2v) is 5.02. The first-order valence-corrected chi connectivity index (χ1v) is 6.86. The maximum absolute atomic E-state index is 11.2. The SMILES string of the molecule is Cc1ccc(-c2cc(C=O)nc(-c3ccccc3)c2)cc1. The Morgan fingerprint density at radius 3 is 2.19 bits per heavy atom. The number of carbonyl (C=O) groups is 1. The zero-order chi connectivity index (χ0) is 14.7. The van der Waals surface area contributed by atoms with Crippen LogP contribution in [0.3, 0.4) is 0 Å². The number of rotatable bonds is 3. The van der Waals surface area contributed by atoms with Crippen LogP contribution in [0.5, 0.6) is 0 Å². The van der Waals surface area contributed by atoms with Crippen molar-refractivity contribution in [2.24, 2.45) is 0 Å². The van der Waals surface area contributed by atoms with Gasteiger partial charge in [0.05, 0.1) is 5.69 Å². The van der Waals surface area contributed by atoms with Crippen molar-refractivity contribution in [2.75, 3.05) is 0 Å². The predicted molar refractivity (Wildman–Crippen MR) is 85.2 cm³/mol. The summed E-state index contributed by atoms with van der Waals surface area (Å²) in [6.45, 7) is 2.06. The number of pyridine rings is 1. The number of carbonyl (C=O) groups excluding carboxylic acids is 1. The van der Waals surface area contributed by atoms with Crippen molar-refractivity contribution in [3.8, 4) is 22.4 Å². The third-order valence-corrected chi connectivity index (χ3v) is 3.42. The average molecular weight is 273 g/mol. The zero-order valence-corrected chi connectivity index (χ0v) is 11.8. The number of nitrogens with zero attached hydrogens (tertiary/aromatic N) is 1. The van der Waals surface area contributed by atoms with Gasteiger partial charge in [-0.2, -0.15) is 0 Å². The number of hydrogen-bond donors (Lipinski definition) is 0. The minimum Gasteiger partial charge on any atom is -0.296 e. The Labute approximate surface area is 124 Å². The first-order valence-electron chi connectivity index (χ1n) is 6.86. The summed E-state index contributed by atoms with van der Waals surface area (Å²) in [5.41, 5.74) is 5.58. The molecule has 0 saturated carbocycles. The molecule has 0 aliphatic carbocycles. The highest BCUT2D eigenvalue weighted by atomic mass is 16.1. The molecule has 2 nitrogen and oxygen atoms in total. The minimum absolute atomic E-state index is 0.451. The van der Waals surface area contributed by atoms with Crippen LogP contribution in [0.1, 0.15) is 16.1 Å². The van der Waals surface area contributed by atoms with Gasteiger partial charge in [0, 0.05) is 5.56 Å². The third-order valence-electron chi connectivity index (χ3n) is 3.42. The summed E-state index contributed by atoms with van der Waals surface area (Å²) in [5, 5.41) is 0. The average Bonchev–Trinajstić information content (AvgIpc) is 2.56. The van der Waals surface area contributed by atoms with Crippen LogP contribution < -0.4 is 0 Å². The van der Waals surface area contributed by atoms with Crippen LogP contribution in [0.25, 0.3) is 22.4 Å². The molecule has 1 aromatic heterocycles. The van der Waals surface area contributed by atoms with Crippen LogP contribution in [0.2, 0.25) is 0 Å². The van der Waals surface area contributed by atoms with E-state index in [0.29, 0.717) is 5.69 Å². The normalized spacial score (nSPS) is 10.3. The Morgan fingerprint density at radius 1 is 0.810 bits per heavy atom. The molecule has 2 aromatic carbocycles. The van der Waals surface area contributed by atoms with Crippen molar-refractivity contribution in [1.82, 2.24) is 4.98 Å². The molecule has 0 aliphatic heterocycles. The lowest BCUT2D eigenvalue weighted by Crippen LogP contribution is -1.92. The highest BCUT2D eigenvalue weighted by Crippen LogP contribution is 2.25. The van der Waals surface area contributed by atoms with Gasteiger partial charge < -0.3 is 0 Å². The molecular formula is C19H15NO. The summed E-state index contributed by atoms with van der Waals surface area (Å²) in [4.78, 5) is 15.6. The van der Waals surface area contributed by atoms with Gasteiger partial charge in [-0.25, -0.2) is 4.98 Å². The number of benzene rings is 2. The van der Waals surface area contributed by atoms with Crippen LogP contribution >= 0.6 is 0 Å². The van der Waals surface area contributed by atoms with E-state index in [4.69, 9.17) is 0 Å². The van der Waals surface area contributed by atoms with E-state index in [9.17, 15) is 4.79 Å². The van der Waals surface area contributed by atoms with Gasteiger partial charge in [-0.05, 0) is 30.2 Å². The van der Waals surface area contributed by atoms with Gasteiger partial charge in [0.15, 0.2) is 6.29 Å². The van der Waals surface area contributed by atoms with Crippen molar-refractivity contribution in [2.45, 2.75) is 6.92 Å².